The highest BCUT2D eigenvalue weighted by atomic mass is 16.5. The van der Waals surface area contributed by atoms with Gasteiger partial charge in [-0.3, -0.25) is 9.89 Å². The molecule has 2 aliphatic rings. The van der Waals surface area contributed by atoms with Crippen molar-refractivity contribution in [3.8, 4) is 0 Å². The Hall–Kier alpha value is -1.56. The Morgan fingerprint density at radius 1 is 1.50 bits per heavy atom. The molecule has 3 rings (SSSR count). The second-order valence-electron chi connectivity index (χ2n) is 6.28. The molecule has 1 aromatic heterocycles. The van der Waals surface area contributed by atoms with Crippen LogP contribution < -0.4 is 11.1 Å². The lowest BCUT2D eigenvalue weighted by Crippen LogP contribution is -2.39. The highest BCUT2D eigenvalue weighted by Gasteiger charge is 2.31. The van der Waals surface area contributed by atoms with Gasteiger partial charge in [-0.2, -0.15) is 5.10 Å². The fourth-order valence-corrected chi connectivity index (χ4v) is 2.64. The van der Waals surface area contributed by atoms with E-state index in [-0.39, 0.29) is 11.3 Å². The molecule has 1 aromatic rings. The molecule has 1 amide bonds. The van der Waals surface area contributed by atoms with Crippen LogP contribution >= 0.6 is 0 Å². The monoisotopic (exact) mass is 278 g/mol. The van der Waals surface area contributed by atoms with E-state index >= 15 is 0 Å². The maximum atomic E-state index is 12.2. The number of nitrogen functional groups attached to an aromatic ring is 1. The van der Waals surface area contributed by atoms with Crippen LogP contribution in [0.4, 0.5) is 5.69 Å². The predicted molar refractivity (Wildman–Crippen MR) is 75.5 cm³/mol. The quantitative estimate of drug-likeness (QED) is 0.776. The fourth-order valence-electron chi connectivity index (χ4n) is 2.64. The molecule has 1 saturated heterocycles. The molecule has 0 atom stereocenters. The molecular formula is C14H22N4O2. The summed E-state index contributed by atoms with van der Waals surface area (Å²) in [6.45, 7) is 4.35. The third-order valence-electron chi connectivity index (χ3n) is 4.41. The average Bonchev–Trinajstić information content (AvgIpc) is 3.20. The number of nitrogens with one attached hydrogen (secondary N) is 2. The Morgan fingerprint density at radius 2 is 2.20 bits per heavy atom. The number of hydrogen-bond acceptors (Lipinski definition) is 4. The first-order valence-corrected chi connectivity index (χ1v) is 7.29. The number of anilines is 1. The van der Waals surface area contributed by atoms with Crippen LogP contribution in [-0.4, -0.2) is 35.9 Å². The first-order chi connectivity index (χ1) is 9.59. The molecule has 1 saturated carbocycles. The number of rotatable bonds is 4. The minimum absolute atomic E-state index is 0.109. The molecule has 6 heteroatoms. The number of aromatic nitrogens is 2. The lowest BCUT2D eigenvalue weighted by Gasteiger charge is -2.33. The average molecular weight is 278 g/mol. The standard InChI is InChI=1S/C14H22N4O2/c1-14(4-6-20-7-5-14)8-16-13(19)12-10(15)11(17-18-12)9-2-3-9/h9H,2-8,15H2,1H3,(H,16,19)(H,17,18). The van der Waals surface area contributed by atoms with Crippen molar-refractivity contribution in [2.24, 2.45) is 5.41 Å². The summed E-state index contributed by atoms with van der Waals surface area (Å²) < 4.78 is 5.36. The van der Waals surface area contributed by atoms with Crippen LogP contribution in [0.2, 0.25) is 0 Å². The summed E-state index contributed by atoms with van der Waals surface area (Å²) in [6, 6.07) is 0. The number of aromatic amines is 1. The number of H-pyrrole nitrogens is 1. The van der Waals surface area contributed by atoms with Crippen molar-refractivity contribution in [1.82, 2.24) is 15.5 Å². The lowest BCUT2D eigenvalue weighted by atomic mass is 9.82. The van der Waals surface area contributed by atoms with Crippen LogP contribution in [0.15, 0.2) is 0 Å². The van der Waals surface area contributed by atoms with Gasteiger partial charge in [0.15, 0.2) is 5.69 Å². The van der Waals surface area contributed by atoms with Gasteiger partial charge < -0.3 is 15.8 Å². The van der Waals surface area contributed by atoms with Gasteiger partial charge in [0.1, 0.15) is 0 Å². The first-order valence-electron chi connectivity index (χ1n) is 7.29. The molecule has 6 nitrogen and oxygen atoms in total. The second-order valence-corrected chi connectivity index (χ2v) is 6.28. The molecule has 0 aromatic carbocycles. The molecule has 0 unspecified atom stereocenters. The first kappa shape index (κ1) is 13.4. The molecule has 1 aliphatic heterocycles. The van der Waals surface area contributed by atoms with Crippen molar-refractivity contribution in [2.45, 2.75) is 38.5 Å². The zero-order valence-corrected chi connectivity index (χ0v) is 11.9. The number of carbonyl (C=O) groups is 1. The van der Waals surface area contributed by atoms with Crippen molar-refractivity contribution in [3.05, 3.63) is 11.4 Å². The predicted octanol–water partition coefficient (Wildman–Crippen LogP) is 1.42. The van der Waals surface area contributed by atoms with Gasteiger partial charge in [0.05, 0.1) is 11.4 Å². The van der Waals surface area contributed by atoms with Crippen LogP contribution in [0, 0.1) is 5.41 Å². The fraction of sp³-hybridized carbons (Fsp3) is 0.714. The SMILES string of the molecule is CC1(CNC(=O)c2n[nH]c(C3CC3)c2N)CCOCC1. The van der Waals surface area contributed by atoms with Crippen molar-refractivity contribution in [3.63, 3.8) is 0 Å². The van der Waals surface area contributed by atoms with E-state index in [9.17, 15) is 4.79 Å². The summed E-state index contributed by atoms with van der Waals surface area (Å²) in [4.78, 5) is 12.2. The number of ether oxygens (including phenoxy) is 1. The van der Waals surface area contributed by atoms with E-state index in [0.29, 0.717) is 23.8 Å². The van der Waals surface area contributed by atoms with Gasteiger partial charge in [0.2, 0.25) is 0 Å². The third kappa shape index (κ3) is 2.65. The summed E-state index contributed by atoms with van der Waals surface area (Å²) in [7, 11) is 0. The summed E-state index contributed by atoms with van der Waals surface area (Å²) >= 11 is 0. The minimum atomic E-state index is -0.182. The van der Waals surface area contributed by atoms with E-state index in [0.717, 1.165) is 44.6 Å². The van der Waals surface area contributed by atoms with E-state index in [1.807, 2.05) is 0 Å². The molecule has 2 fully saturated rings. The van der Waals surface area contributed by atoms with Gasteiger partial charge in [-0.05, 0) is 31.1 Å². The second kappa shape index (κ2) is 5.09. The van der Waals surface area contributed by atoms with Gasteiger partial charge >= 0.3 is 0 Å². The molecule has 0 spiro atoms. The van der Waals surface area contributed by atoms with E-state index in [1.165, 1.54) is 0 Å². The van der Waals surface area contributed by atoms with Gasteiger partial charge in [-0.15, -0.1) is 0 Å². The largest absolute Gasteiger partial charge is 0.395 e. The number of hydrogen-bond donors (Lipinski definition) is 3. The number of carbonyl (C=O) groups excluding carboxylic acids is 1. The number of nitrogens with two attached hydrogens (primary N) is 1. The zero-order chi connectivity index (χ0) is 14.2. The summed E-state index contributed by atoms with van der Waals surface area (Å²) in [5.41, 5.74) is 7.90. The Morgan fingerprint density at radius 3 is 2.85 bits per heavy atom. The Labute approximate surface area is 118 Å². The maximum Gasteiger partial charge on any atom is 0.273 e. The molecule has 1 aliphatic carbocycles. The van der Waals surface area contributed by atoms with E-state index in [2.05, 4.69) is 22.4 Å². The van der Waals surface area contributed by atoms with Crippen LogP contribution in [-0.2, 0) is 4.74 Å². The highest BCUT2D eigenvalue weighted by Crippen LogP contribution is 2.42. The third-order valence-corrected chi connectivity index (χ3v) is 4.41. The lowest BCUT2D eigenvalue weighted by molar-refractivity contribution is 0.0238. The summed E-state index contributed by atoms with van der Waals surface area (Å²) in [5.74, 6) is 0.287. The Balaban J connectivity index is 1.61. The van der Waals surface area contributed by atoms with Crippen LogP contribution in [0.3, 0.4) is 0 Å². The van der Waals surface area contributed by atoms with Crippen molar-refractivity contribution >= 4 is 11.6 Å². The normalized spacial score (nSPS) is 21.6. The van der Waals surface area contributed by atoms with Crippen LogP contribution in [0.5, 0.6) is 0 Å². The summed E-state index contributed by atoms with van der Waals surface area (Å²) in [6.07, 6.45) is 4.20. The molecule has 0 bridgehead atoms. The number of nitrogens with zero attached hydrogens (tertiary/aromatic N) is 1. The molecule has 0 radical (unpaired) electrons. The molecule has 110 valence electrons. The summed E-state index contributed by atoms with van der Waals surface area (Å²) in [5, 5.41) is 9.95. The molecule has 2 heterocycles. The van der Waals surface area contributed by atoms with Gasteiger partial charge in [0, 0.05) is 25.7 Å². The Kier molecular flexibility index (Phi) is 3.41. The Bertz CT molecular complexity index is 501. The molecule has 20 heavy (non-hydrogen) atoms. The number of amides is 1. The highest BCUT2D eigenvalue weighted by molar-refractivity contribution is 5.97. The van der Waals surface area contributed by atoms with Gasteiger partial charge in [-0.25, -0.2) is 0 Å². The van der Waals surface area contributed by atoms with Crippen molar-refractivity contribution in [1.29, 1.82) is 0 Å². The van der Waals surface area contributed by atoms with E-state index in [1.54, 1.807) is 0 Å². The van der Waals surface area contributed by atoms with Crippen molar-refractivity contribution in [2.75, 3.05) is 25.5 Å². The van der Waals surface area contributed by atoms with Gasteiger partial charge in [-0.1, -0.05) is 6.92 Å². The van der Waals surface area contributed by atoms with E-state index in [4.69, 9.17) is 10.5 Å². The smallest absolute Gasteiger partial charge is 0.273 e. The molecular weight excluding hydrogens is 256 g/mol. The zero-order valence-electron chi connectivity index (χ0n) is 11.9. The van der Waals surface area contributed by atoms with Gasteiger partial charge in [0.25, 0.3) is 5.91 Å². The maximum absolute atomic E-state index is 12.2. The van der Waals surface area contributed by atoms with Crippen molar-refractivity contribution < 1.29 is 9.53 Å². The topological polar surface area (TPSA) is 93.0 Å². The van der Waals surface area contributed by atoms with Crippen LogP contribution in [0.1, 0.15) is 54.7 Å². The molecule has 4 N–H and O–H groups in total. The minimum Gasteiger partial charge on any atom is -0.395 e. The van der Waals surface area contributed by atoms with Crippen LogP contribution in [0.25, 0.3) is 0 Å². The van der Waals surface area contributed by atoms with E-state index < -0.39 is 0 Å².